The summed E-state index contributed by atoms with van der Waals surface area (Å²) in [6.07, 6.45) is -0.404. The molecule has 10 heteroatoms. The number of piperazine rings is 1. The molecule has 2 aromatic carbocycles. The molecule has 0 spiro atoms. The molecule has 0 bridgehead atoms. The molecule has 1 heterocycles. The highest BCUT2D eigenvalue weighted by Crippen LogP contribution is 2.25. The first kappa shape index (κ1) is 26.5. The van der Waals surface area contributed by atoms with Crippen molar-refractivity contribution in [2.45, 2.75) is 32.2 Å². The van der Waals surface area contributed by atoms with E-state index >= 15 is 0 Å². The quantitative estimate of drug-likeness (QED) is 0.522. The van der Waals surface area contributed by atoms with E-state index in [1.165, 1.54) is 10.4 Å². The number of hydrogen-bond acceptors (Lipinski definition) is 6. The van der Waals surface area contributed by atoms with E-state index in [9.17, 15) is 18.0 Å². The minimum atomic E-state index is -3.97. The minimum Gasteiger partial charge on any atom is -0.494 e. The molecule has 3 rings (SSSR count). The van der Waals surface area contributed by atoms with Crippen molar-refractivity contribution in [3.8, 4) is 5.75 Å². The molecule has 0 radical (unpaired) electrons. The highest BCUT2D eigenvalue weighted by Gasteiger charge is 2.31. The molecule has 1 saturated heterocycles. The molecule has 1 aliphatic heterocycles. The largest absolute Gasteiger partial charge is 0.494 e. The molecule has 9 nitrogen and oxygen atoms in total. The molecule has 0 aromatic heterocycles. The lowest BCUT2D eigenvalue weighted by Crippen LogP contribution is -2.53. The molecular formula is C25H33N3O6S. The molecule has 35 heavy (non-hydrogen) atoms. The lowest BCUT2D eigenvalue weighted by Gasteiger charge is -2.35. The zero-order valence-electron chi connectivity index (χ0n) is 20.5. The van der Waals surface area contributed by atoms with Gasteiger partial charge in [0.15, 0.2) is 0 Å². The zero-order valence-corrected chi connectivity index (χ0v) is 21.3. The van der Waals surface area contributed by atoms with E-state index in [4.69, 9.17) is 9.47 Å². The Labute approximate surface area is 207 Å². The van der Waals surface area contributed by atoms with Gasteiger partial charge in [-0.2, -0.15) is 4.31 Å². The van der Waals surface area contributed by atoms with Gasteiger partial charge in [-0.25, -0.2) is 13.2 Å². The van der Waals surface area contributed by atoms with E-state index in [0.29, 0.717) is 44.1 Å². The van der Waals surface area contributed by atoms with Gasteiger partial charge in [-0.1, -0.05) is 30.3 Å². The molecule has 0 saturated carbocycles. The Morgan fingerprint density at radius 2 is 1.60 bits per heavy atom. The van der Waals surface area contributed by atoms with Gasteiger partial charge in [0.1, 0.15) is 5.75 Å². The number of aryl methyl sites for hydroxylation is 1. The summed E-state index contributed by atoms with van der Waals surface area (Å²) in [7, 11) is -3.97. The molecule has 190 valence electrons. The number of carbonyl (C=O) groups is 2. The summed E-state index contributed by atoms with van der Waals surface area (Å²) in [6.45, 7) is 7.24. The van der Waals surface area contributed by atoms with Crippen LogP contribution in [0.3, 0.4) is 0 Å². The predicted molar refractivity (Wildman–Crippen MR) is 132 cm³/mol. The molecule has 1 aliphatic rings. The van der Waals surface area contributed by atoms with Gasteiger partial charge in [-0.15, -0.1) is 0 Å². The molecular weight excluding hydrogens is 470 g/mol. The molecule has 2 aromatic rings. The van der Waals surface area contributed by atoms with Crippen molar-refractivity contribution in [1.82, 2.24) is 14.1 Å². The average Bonchev–Trinajstić information content (AvgIpc) is 2.85. The van der Waals surface area contributed by atoms with Crippen molar-refractivity contribution in [3.63, 3.8) is 0 Å². The lowest BCUT2D eigenvalue weighted by atomic mass is 10.2. The Kier molecular flexibility index (Phi) is 9.11. The number of nitrogens with zero attached hydrogens (tertiary/aromatic N) is 3. The van der Waals surface area contributed by atoms with Crippen molar-refractivity contribution in [2.24, 2.45) is 0 Å². The van der Waals surface area contributed by atoms with Crippen LogP contribution in [0.1, 0.15) is 25.0 Å². The number of hydrogen-bond donors (Lipinski definition) is 0. The van der Waals surface area contributed by atoms with Crippen LogP contribution in [0.4, 0.5) is 4.79 Å². The van der Waals surface area contributed by atoms with Gasteiger partial charge < -0.3 is 19.3 Å². The van der Waals surface area contributed by atoms with Crippen LogP contribution < -0.4 is 4.74 Å². The van der Waals surface area contributed by atoms with Crippen LogP contribution in [0.25, 0.3) is 0 Å². The van der Waals surface area contributed by atoms with E-state index in [1.54, 1.807) is 35.8 Å². The molecule has 0 N–H and O–H groups in total. The van der Waals surface area contributed by atoms with Crippen molar-refractivity contribution < 1.29 is 27.5 Å². The first-order valence-electron chi connectivity index (χ1n) is 11.7. The van der Waals surface area contributed by atoms with Gasteiger partial charge in [0.25, 0.3) is 0 Å². The lowest BCUT2D eigenvalue weighted by molar-refractivity contribution is -0.133. The first-order chi connectivity index (χ1) is 16.8. The van der Waals surface area contributed by atoms with Crippen molar-refractivity contribution in [2.75, 3.05) is 45.9 Å². The summed E-state index contributed by atoms with van der Waals surface area (Å²) >= 11 is 0. The maximum absolute atomic E-state index is 13.6. The Hall–Kier alpha value is -3.11. The second-order valence-corrected chi connectivity index (χ2v) is 10.1. The summed E-state index contributed by atoms with van der Waals surface area (Å²) in [4.78, 5) is 28.3. The van der Waals surface area contributed by atoms with Crippen LogP contribution >= 0.6 is 0 Å². The van der Waals surface area contributed by atoms with Crippen LogP contribution in [0.5, 0.6) is 5.75 Å². The third-order valence-electron chi connectivity index (χ3n) is 5.76. The Morgan fingerprint density at radius 3 is 2.20 bits per heavy atom. The van der Waals surface area contributed by atoms with Crippen LogP contribution in [-0.2, 0) is 26.1 Å². The molecule has 2 amide bonds. The molecule has 0 aliphatic carbocycles. The normalized spacial score (nSPS) is 14.2. The first-order valence-corrected chi connectivity index (χ1v) is 13.2. The number of rotatable bonds is 9. The second-order valence-electron chi connectivity index (χ2n) is 8.19. The van der Waals surface area contributed by atoms with Gasteiger partial charge >= 0.3 is 6.09 Å². The fraction of sp³-hybridized carbons (Fsp3) is 0.440. The molecule has 0 atom stereocenters. The average molecular weight is 504 g/mol. The van der Waals surface area contributed by atoms with Crippen LogP contribution in [-0.4, -0.2) is 80.5 Å². The van der Waals surface area contributed by atoms with Crippen LogP contribution in [0.15, 0.2) is 53.4 Å². The van der Waals surface area contributed by atoms with Gasteiger partial charge in [0.05, 0.1) is 24.7 Å². The van der Waals surface area contributed by atoms with Gasteiger partial charge in [0, 0.05) is 32.7 Å². The number of ether oxygens (including phenoxy) is 2. The Morgan fingerprint density at radius 1 is 0.943 bits per heavy atom. The fourth-order valence-corrected chi connectivity index (χ4v) is 5.33. The number of carbonyl (C=O) groups excluding carboxylic acids is 2. The van der Waals surface area contributed by atoms with Gasteiger partial charge in [-0.3, -0.25) is 4.79 Å². The number of sulfonamides is 1. The summed E-state index contributed by atoms with van der Waals surface area (Å²) in [5.74, 6) is 0.312. The smallest absolute Gasteiger partial charge is 0.409 e. The Balaban J connectivity index is 1.79. The molecule has 1 fully saturated rings. The van der Waals surface area contributed by atoms with E-state index in [1.807, 2.05) is 37.3 Å². The van der Waals surface area contributed by atoms with E-state index in [2.05, 4.69) is 0 Å². The van der Waals surface area contributed by atoms with E-state index in [0.717, 1.165) is 5.56 Å². The predicted octanol–water partition coefficient (Wildman–Crippen LogP) is 2.89. The molecule has 0 unspecified atom stereocenters. The van der Waals surface area contributed by atoms with Gasteiger partial charge in [-0.05, 0) is 50.1 Å². The summed E-state index contributed by atoms with van der Waals surface area (Å²) < 4.78 is 39.0. The SMILES string of the molecule is CCOC(=O)N1CCN(C(=O)CN(Cc2ccccc2)S(=O)(=O)c2ccc(OCC)c(C)c2)CC1. The maximum atomic E-state index is 13.6. The van der Waals surface area contributed by atoms with E-state index < -0.39 is 16.1 Å². The minimum absolute atomic E-state index is 0.0595. The van der Waals surface area contributed by atoms with Crippen LogP contribution in [0.2, 0.25) is 0 Å². The van der Waals surface area contributed by atoms with E-state index in [-0.39, 0.29) is 30.5 Å². The van der Waals surface area contributed by atoms with Gasteiger partial charge in [0.2, 0.25) is 15.9 Å². The number of benzene rings is 2. The third-order valence-corrected chi connectivity index (χ3v) is 7.54. The third kappa shape index (κ3) is 6.73. The summed E-state index contributed by atoms with van der Waals surface area (Å²) in [5, 5.41) is 0. The van der Waals surface area contributed by atoms with Crippen molar-refractivity contribution >= 4 is 22.0 Å². The number of amides is 2. The van der Waals surface area contributed by atoms with Crippen LogP contribution in [0, 0.1) is 6.92 Å². The Bertz CT molecular complexity index is 1120. The van der Waals surface area contributed by atoms with Crippen molar-refractivity contribution in [3.05, 3.63) is 59.7 Å². The standard InChI is InChI=1S/C25H33N3O6S/c1-4-33-23-12-11-22(17-20(23)3)35(31,32)28(18-21-9-7-6-8-10-21)19-24(29)26-13-15-27(16-14-26)25(30)34-5-2/h6-12,17H,4-5,13-16,18-19H2,1-3H3. The zero-order chi connectivity index (χ0) is 25.4. The summed E-state index contributed by atoms with van der Waals surface area (Å²) in [5.41, 5.74) is 1.48. The topological polar surface area (TPSA) is 96.5 Å². The highest BCUT2D eigenvalue weighted by molar-refractivity contribution is 7.89. The van der Waals surface area contributed by atoms with Crippen molar-refractivity contribution in [1.29, 1.82) is 0 Å². The fourth-order valence-electron chi connectivity index (χ4n) is 3.87. The summed E-state index contributed by atoms with van der Waals surface area (Å²) in [6, 6.07) is 13.9. The highest BCUT2D eigenvalue weighted by atomic mass is 32.2. The second kappa shape index (κ2) is 12.0. The monoisotopic (exact) mass is 503 g/mol. The maximum Gasteiger partial charge on any atom is 0.409 e.